The summed E-state index contributed by atoms with van der Waals surface area (Å²) in [6.07, 6.45) is 0.865. The van der Waals surface area contributed by atoms with Crippen LogP contribution < -0.4 is 15.8 Å². The fourth-order valence-corrected chi connectivity index (χ4v) is 5.08. The number of anilines is 1. The van der Waals surface area contributed by atoms with Gasteiger partial charge in [-0.2, -0.15) is 0 Å². The van der Waals surface area contributed by atoms with Crippen molar-refractivity contribution in [2.45, 2.75) is 19.9 Å². The van der Waals surface area contributed by atoms with E-state index in [0.717, 1.165) is 41.0 Å². The van der Waals surface area contributed by atoms with E-state index in [-0.39, 0.29) is 11.9 Å². The molecule has 1 saturated heterocycles. The summed E-state index contributed by atoms with van der Waals surface area (Å²) in [5.41, 5.74) is 9.49. The molecule has 1 aliphatic rings. The number of hydrogen-bond donors (Lipinski definition) is 2. The van der Waals surface area contributed by atoms with Crippen molar-refractivity contribution in [1.82, 2.24) is 15.2 Å². The third-order valence-corrected chi connectivity index (χ3v) is 6.58. The Morgan fingerprint density at radius 2 is 2.27 bits per heavy atom. The summed E-state index contributed by atoms with van der Waals surface area (Å²) in [5.74, 6) is 0.338. The van der Waals surface area contributed by atoms with Crippen molar-refractivity contribution in [3.8, 4) is 16.9 Å². The lowest BCUT2D eigenvalue weighted by Gasteiger charge is -2.33. The lowest BCUT2D eigenvalue weighted by molar-refractivity contribution is -0.121. The van der Waals surface area contributed by atoms with Crippen molar-refractivity contribution in [1.29, 1.82) is 0 Å². The molecular weight excluding hydrogens is 427 g/mol. The van der Waals surface area contributed by atoms with E-state index < -0.39 is 0 Å². The molecular formula is C21H22ClFN4O2S. The number of amides is 1. The average Bonchev–Trinajstić information content (AvgIpc) is 3.12. The molecule has 3 aromatic rings. The number of ether oxygens (including phenoxy) is 1. The largest absolute Gasteiger partial charge is 0.491 e. The molecule has 3 N–H and O–H groups in total. The molecule has 158 valence electrons. The summed E-state index contributed by atoms with van der Waals surface area (Å²) in [7, 11) is 0. The van der Waals surface area contributed by atoms with Crippen LogP contribution in [0.3, 0.4) is 0 Å². The van der Waals surface area contributed by atoms with Crippen LogP contribution in [-0.2, 0) is 4.79 Å². The zero-order valence-corrected chi connectivity index (χ0v) is 18.2. The fraction of sp³-hybridized carbons (Fsp3) is 0.333. The second-order valence-electron chi connectivity index (χ2n) is 7.34. The van der Waals surface area contributed by atoms with Crippen LogP contribution in [0.5, 0.6) is 5.75 Å². The zero-order chi connectivity index (χ0) is 21.4. The summed E-state index contributed by atoms with van der Waals surface area (Å²) >= 11 is 7.72. The molecule has 1 aliphatic heterocycles. The predicted molar refractivity (Wildman–Crippen MR) is 119 cm³/mol. The zero-order valence-electron chi connectivity index (χ0n) is 16.7. The summed E-state index contributed by atoms with van der Waals surface area (Å²) in [6, 6.07) is 4.86. The predicted octanol–water partition coefficient (Wildman–Crippen LogP) is 3.76. The molecule has 0 radical (unpaired) electrons. The second kappa shape index (κ2) is 8.37. The van der Waals surface area contributed by atoms with Gasteiger partial charge in [-0.15, -0.1) is 0 Å². The molecule has 0 spiro atoms. The van der Waals surface area contributed by atoms with Crippen LogP contribution >= 0.6 is 22.9 Å². The maximum Gasteiger partial charge on any atom is 0.210 e. The molecule has 1 fully saturated rings. The molecule has 1 unspecified atom stereocenters. The number of piperazine rings is 1. The van der Waals surface area contributed by atoms with Crippen LogP contribution in [0, 0.1) is 19.7 Å². The molecule has 1 amide bonds. The number of benzene rings is 2. The number of nitrogens with one attached hydrogen (secondary N) is 1. The Morgan fingerprint density at radius 1 is 1.47 bits per heavy atom. The molecule has 4 rings (SSSR count). The Morgan fingerprint density at radius 3 is 3.03 bits per heavy atom. The minimum Gasteiger partial charge on any atom is -0.491 e. The van der Waals surface area contributed by atoms with Crippen LogP contribution in [-0.4, -0.2) is 48.6 Å². The van der Waals surface area contributed by atoms with Gasteiger partial charge in [-0.05, 0) is 37.6 Å². The number of thiazole rings is 1. The van der Waals surface area contributed by atoms with E-state index in [4.69, 9.17) is 22.1 Å². The molecule has 9 heteroatoms. The number of fused-ring (bicyclic) bond motifs is 1. The first-order chi connectivity index (χ1) is 14.4. The maximum atomic E-state index is 14.3. The van der Waals surface area contributed by atoms with Gasteiger partial charge >= 0.3 is 0 Å². The third-order valence-electron chi connectivity index (χ3n) is 5.39. The fourth-order valence-electron chi connectivity index (χ4n) is 3.91. The molecule has 0 bridgehead atoms. The highest BCUT2D eigenvalue weighted by molar-refractivity contribution is 7.22. The van der Waals surface area contributed by atoms with E-state index in [1.807, 2.05) is 19.9 Å². The summed E-state index contributed by atoms with van der Waals surface area (Å²) < 4.78 is 20.8. The number of halogens is 2. The van der Waals surface area contributed by atoms with Crippen LogP contribution in [0.15, 0.2) is 18.2 Å². The monoisotopic (exact) mass is 448 g/mol. The summed E-state index contributed by atoms with van der Waals surface area (Å²) in [6.45, 7) is 6.31. The Bertz CT molecular complexity index is 1120. The molecule has 6 nitrogen and oxygen atoms in total. The second-order valence-corrected chi connectivity index (χ2v) is 8.78. The maximum absolute atomic E-state index is 14.3. The van der Waals surface area contributed by atoms with Crippen LogP contribution in [0.4, 0.5) is 9.52 Å². The van der Waals surface area contributed by atoms with Gasteiger partial charge < -0.3 is 20.7 Å². The lowest BCUT2D eigenvalue weighted by atomic mass is 9.96. The highest BCUT2D eigenvalue weighted by atomic mass is 35.5. The van der Waals surface area contributed by atoms with Crippen molar-refractivity contribution in [2.75, 3.05) is 32.0 Å². The Balaban J connectivity index is 1.74. The molecule has 1 atom stereocenters. The number of rotatable bonds is 5. The summed E-state index contributed by atoms with van der Waals surface area (Å²) in [5, 5.41) is 4.11. The van der Waals surface area contributed by atoms with Crippen molar-refractivity contribution in [3.05, 3.63) is 40.2 Å². The van der Waals surface area contributed by atoms with Gasteiger partial charge in [0.25, 0.3) is 0 Å². The van der Waals surface area contributed by atoms with Gasteiger partial charge in [-0.3, -0.25) is 4.79 Å². The topological polar surface area (TPSA) is 80.5 Å². The third kappa shape index (κ3) is 3.71. The van der Waals surface area contributed by atoms with Gasteiger partial charge in [0.1, 0.15) is 18.2 Å². The minimum atomic E-state index is -0.362. The number of nitrogen functional groups attached to an aromatic ring is 1. The first-order valence-electron chi connectivity index (χ1n) is 9.59. The van der Waals surface area contributed by atoms with Gasteiger partial charge in [0.2, 0.25) is 6.41 Å². The molecule has 2 aromatic carbocycles. The number of carbonyl (C=O) groups is 1. The van der Waals surface area contributed by atoms with Crippen LogP contribution in [0.2, 0.25) is 5.02 Å². The first-order valence-corrected chi connectivity index (χ1v) is 10.8. The van der Waals surface area contributed by atoms with Crippen LogP contribution in [0.25, 0.3) is 21.3 Å². The highest BCUT2D eigenvalue weighted by Gasteiger charge is 2.24. The van der Waals surface area contributed by atoms with Crippen molar-refractivity contribution >= 4 is 44.7 Å². The van der Waals surface area contributed by atoms with Gasteiger partial charge in [0, 0.05) is 41.3 Å². The van der Waals surface area contributed by atoms with E-state index >= 15 is 0 Å². The van der Waals surface area contributed by atoms with E-state index in [0.29, 0.717) is 51.4 Å². The minimum absolute atomic E-state index is 0.0509. The van der Waals surface area contributed by atoms with E-state index in [9.17, 15) is 9.18 Å². The molecule has 0 aliphatic carbocycles. The Labute approximate surface area is 182 Å². The number of nitrogens with two attached hydrogens (primary N) is 1. The smallest absolute Gasteiger partial charge is 0.210 e. The molecule has 30 heavy (non-hydrogen) atoms. The van der Waals surface area contributed by atoms with Gasteiger partial charge in [0.15, 0.2) is 5.13 Å². The normalized spacial score (nSPS) is 16.8. The lowest BCUT2D eigenvalue weighted by Crippen LogP contribution is -2.53. The van der Waals surface area contributed by atoms with Crippen molar-refractivity contribution < 1.29 is 13.9 Å². The highest BCUT2D eigenvalue weighted by Crippen LogP contribution is 2.43. The number of aryl methyl sites for hydroxylation is 1. The molecule has 1 aromatic heterocycles. The number of hydrogen-bond acceptors (Lipinski definition) is 6. The van der Waals surface area contributed by atoms with Gasteiger partial charge in [-0.25, -0.2) is 9.37 Å². The summed E-state index contributed by atoms with van der Waals surface area (Å²) in [4.78, 5) is 17.4. The van der Waals surface area contributed by atoms with Gasteiger partial charge in [0.05, 0.1) is 16.3 Å². The van der Waals surface area contributed by atoms with Crippen molar-refractivity contribution in [2.24, 2.45) is 0 Å². The first kappa shape index (κ1) is 20.8. The molecule has 0 saturated carbocycles. The number of carbonyl (C=O) groups excluding carboxylic acids is 1. The number of nitrogens with zero attached hydrogens (tertiary/aromatic N) is 2. The van der Waals surface area contributed by atoms with Crippen LogP contribution in [0.1, 0.15) is 11.1 Å². The average molecular weight is 449 g/mol. The standard InChI is InChI=1S/C21H22ClFN4O2S/c1-11-7-15(22)17(14-3-4-16(23)20-18(14)26-21(24)30-20)12(2)19(11)29-9-13-8-25-5-6-27(13)10-28/h3-4,7,10,13,25H,5-6,8-9H2,1-2H3,(H2,24,26). The SMILES string of the molecule is Cc1cc(Cl)c(-c2ccc(F)c3sc(N)nc23)c(C)c1OCC1CNCCN1C=O. The van der Waals surface area contributed by atoms with E-state index in [1.54, 1.807) is 11.0 Å². The van der Waals surface area contributed by atoms with E-state index in [2.05, 4.69) is 10.3 Å². The Hall–Kier alpha value is -2.42. The van der Waals surface area contributed by atoms with E-state index in [1.165, 1.54) is 6.07 Å². The van der Waals surface area contributed by atoms with Gasteiger partial charge in [-0.1, -0.05) is 22.9 Å². The number of aromatic nitrogens is 1. The molecule has 2 heterocycles. The Kier molecular flexibility index (Phi) is 5.81. The van der Waals surface area contributed by atoms with Crippen molar-refractivity contribution in [3.63, 3.8) is 0 Å². The quantitative estimate of drug-likeness (QED) is 0.581.